The molecule has 0 unspecified atom stereocenters. The monoisotopic (exact) mass is 275 g/mol. The van der Waals surface area contributed by atoms with Gasteiger partial charge in [-0.3, -0.25) is 4.79 Å². The van der Waals surface area contributed by atoms with Gasteiger partial charge in [0.2, 0.25) is 0 Å². The summed E-state index contributed by atoms with van der Waals surface area (Å²) in [5.41, 5.74) is -0.324. The van der Waals surface area contributed by atoms with Gasteiger partial charge in [-0.1, -0.05) is 0 Å². The molecule has 0 saturated heterocycles. The van der Waals surface area contributed by atoms with Crippen LogP contribution in [0.5, 0.6) is 0 Å². The summed E-state index contributed by atoms with van der Waals surface area (Å²) in [4.78, 5) is 20.4. The van der Waals surface area contributed by atoms with Crippen molar-refractivity contribution in [3.63, 3.8) is 0 Å². The van der Waals surface area contributed by atoms with Crippen molar-refractivity contribution in [3.8, 4) is 0 Å². The molecule has 108 valence electrons. The summed E-state index contributed by atoms with van der Waals surface area (Å²) in [6.45, 7) is 7.56. The predicted octanol–water partition coefficient (Wildman–Crippen LogP) is 1.70. The second-order valence-electron chi connectivity index (χ2n) is 5.70. The molecule has 0 aliphatic carbocycles. The van der Waals surface area contributed by atoms with Gasteiger partial charge >= 0.3 is 0 Å². The Labute approximate surface area is 118 Å². The van der Waals surface area contributed by atoms with Gasteiger partial charge in [0.15, 0.2) is 5.82 Å². The molecule has 1 N–H and O–H groups in total. The van der Waals surface area contributed by atoms with Gasteiger partial charge in [0.25, 0.3) is 5.56 Å². The van der Waals surface area contributed by atoms with Crippen molar-refractivity contribution < 1.29 is 0 Å². The van der Waals surface area contributed by atoms with E-state index >= 15 is 0 Å². The molecule has 0 spiro atoms. The third-order valence-corrected chi connectivity index (χ3v) is 3.01. The Morgan fingerprint density at radius 1 is 1.25 bits per heavy atom. The van der Waals surface area contributed by atoms with Gasteiger partial charge in [-0.2, -0.15) is 0 Å². The summed E-state index contributed by atoms with van der Waals surface area (Å²) in [7, 11) is 0. The normalized spacial score (nSPS) is 11.6. The Bertz CT molecular complexity index is 595. The van der Waals surface area contributed by atoms with E-state index in [1.807, 2.05) is 31.5 Å². The van der Waals surface area contributed by atoms with E-state index in [1.165, 1.54) is 0 Å². The van der Waals surface area contributed by atoms with Crippen molar-refractivity contribution in [2.75, 3.05) is 11.9 Å². The fraction of sp³-hybridized carbons (Fsp3) is 0.500. The maximum Gasteiger partial charge on any atom is 0.293 e. The quantitative estimate of drug-likeness (QED) is 0.843. The summed E-state index contributed by atoms with van der Waals surface area (Å²) < 4.78 is 3.70. The third-order valence-electron chi connectivity index (χ3n) is 3.01. The molecule has 0 aromatic carbocycles. The molecular formula is C14H21N5O. The number of hydrogen-bond donors (Lipinski definition) is 1. The number of nitrogens with one attached hydrogen (secondary N) is 1. The van der Waals surface area contributed by atoms with Gasteiger partial charge in [0.1, 0.15) is 0 Å². The van der Waals surface area contributed by atoms with Crippen LogP contribution in [0, 0.1) is 0 Å². The number of aryl methyl sites for hydroxylation is 1. The highest BCUT2D eigenvalue weighted by Crippen LogP contribution is 2.10. The van der Waals surface area contributed by atoms with Crippen molar-refractivity contribution in [1.82, 2.24) is 19.1 Å². The molecule has 0 radical (unpaired) electrons. The number of hydrogen-bond acceptors (Lipinski definition) is 4. The van der Waals surface area contributed by atoms with Crippen LogP contribution in [0.25, 0.3) is 0 Å². The van der Waals surface area contributed by atoms with Crippen LogP contribution >= 0.6 is 0 Å². The Morgan fingerprint density at radius 3 is 2.70 bits per heavy atom. The molecular weight excluding hydrogens is 254 g/mol. The van der Waals surface area contributed by atoms with E-state index < -0.39 is 0 Å². The second kappa shape index (κ2) is 5.90. The van der Waals surface area contributed by atoms with Crippen molar-refractivity contribution in [2.45, 2.75) is 39.3 Å². The molecule has 2 rings (SSSR count). The number of nitrogens with zero attached hydrogens (tertiary/aromatic N) is 4. The fourth-order valence-corrected chi connectivity index (χ4v) is 1.95. The zero-order chi connectivity index (χ0) is 14.6. The number of rotatable bonds is 5. The third kappa shape index (κ3) is 3.46. The summed E-state index contributed by atoms with van der Waals surface area (Å²) in [5, 5.41) is 3.11. The molecule has 0 aliphatic heterocycles. The lowest BCUT2D eigenvalue weighted by Crippen LogP contribution is -2.35. The van der Waals surface area contributed by atoms with Crippen LogP contribution in [0.1, 0.15) is 27.2 Å². The van der Waals surface area contributed by atoms with Crippen LogP contribution in [-0.2, 0) is 12.1 Å². The standard InChI is InChI=1S/C14H21N5O/c1-14(2,3)19-10-7-17-12(13(19)20)16-5-4-8-18-9-6-15-11-18/h6-7,9-11H,4-5,8H2,1-3H3,(H,16,17). The van der Waals surface area contributed by atoms with Crippen molar-refractivity contribution in [3.05, 3.63) is 41.5 Å². The van der Waals surface area contributed by atoms with Crippen LogP contribution in [0.4, 0.5) is 5.82 Å². The first-order valence-electron chi connectivity index (χ1n) is 6.76. The number of anilines is 1. The lowest BCUT2D eigenvalue weighted by atomic mass is 10.1. The molecule has 2 aromatic rings. The maximum absolute atomic E-state index is 12.3. The Kier molecular flexibility index (Phi) is 4.22. The Morgan fingerprint density at radius 2 is 2.05 bits per heavy atom. The predicted molar refractivity (Wildman–Crippen MR) is 78.8 cm³/mol. The van der Waals surface area contributed by atoms with Gasteiger partial charge < -0.3 is 14.5 Å². The lowest BCUT2D eigenvalue weighted by Gasteiger charge is -2.22. The topological polar surface area (TPSA) is 64.7 Å². The lowest BCUT2D eigenvalue weighted by molar-refractivity contribution is 0.383. The highest BCUT2D eigenvalue weighted by atomic mass is 16.1. The maximum atomic E-state index is 12.3. The minimum atomic E-state index is -0.243. The van der Waals surface area contributed by atoms with E-state index in [0.29, 0.717) is 12.4 Å². The van der Waals surface area contributed by atoms with Gasteiger partial charge in [-0.15, -0.1) is 0 Å². The average Bonchev–Trinajstić information content (AvgIpc) is 2.88. The molecule has 2 aromatic heterocycles. The second-order valence-corrected chi connectivity index (χ2v) is 5.70. The highest BCUT2D eigenvalue weighted by molar-refractivity contribution is 5.30. The van der Waals surface area contributed by atoms with Crippen LogP contribution < -0.4 is 10.9 Å². The minimum absolute atomic E-state index is 0.0809. The SMILES string of the molecule is CC(C)(C)n1ccnc(NCCCn2ccnc2)c1=O. The fourth-order valence-electron chi connectivity index (χ4n) is 1.95. The van der Waals surface area contributed by atoms with E-state index in [2.05, 4.69) is 15.3 Å². The van der Waals surface area contributed by atoms with Gasteiger partial charge in [-0.05, 0) is 27.2 Å². The van der Waals surface area contributed by atoms with Crippen LogP contribution in [0.15, 0.2) is 35.9 Å². The molecule has 6 nitrogen and oxygen atoms in total. The first-order valence-corrected chi connectivity index (χ1v) is 6.76. The first kappa shape index (κ1) is 14.3. The molecule has 0 atom stereocenters. The van der Waals surface area contributed by atoms with Crippen LogP contribution in [0.3, 0.4) is 0 Å². The van der Waals surface area contributed by atoms with Crippen molar-refractivity contribution in [2.24, 2.45) is 0 Å². The first-order chi connectivity index (χ1) is 9.48. The number of aromatic nitrogens is 4. The molecule has 0 fully saturated rings. The van der Waals surface area contributed by atoms with Crippen molar-refractivity contribution >= 4 is 5.82 Å². The van der Waals surface area contributed by atoms with Crippen molar-refractivity contribution in [1.29, 1.82) is 0 Å². The van der Waals surface area contributed by atoms with E-state index in [4.69, 9.17) is 0 Å². The van der Waals surface area contributed by atoms with Gasteiger partial charge in [0.05, 0.1) is 6.33 Å². The Hall–Kier alpha value is -2.11. The summed E-state index contributed by atoms with van der Waals surface area (Å²) in [6, 6.07) is 0. The zero-order valence-electron chi connectivity index (χ0n) is 12.2. The van der Waals surface area contributed by atoms with E-state index in [0.717, 1.165) is 13.0 Å². The van der Waals surface area contributed by atoms with Crippen LogP contribution in [-0.4, -0.2) is 25.6 Å². The minimum Gasteiger partial charge on any atom is -0.365 e. The smallest absolute Gasteiger partial charge is 0.293 e. The van der Waals surface area contributed by atoms with E-state index in [-0.39, 0.29) is 11.1 Å². The zero-order valence-corrected chi connectivity index (χ0v) is 12.2. The molecule has 0 saturated carbocycles. The largest absolute Gasteiger partial charge is 0.365 e. The summed E-state index contributed by atoms with van der Waals surface area (Å²) >= 11 is 0. The Balaban J connectivity index is 1.95. The van der Waals surface area contributed by atoms with Gasteiger partial charge in [0, 0.05) is 43.4 Å². The van der Waals surface area contributed by atoms with E-state index in [1.54, 1.807) is 29.5 Å². The number of imidazole rings is 1. The molecule has 20 heavy (non-hydrogen) atoms. The molecule has 0 amide bonds. The van der Waals surface area contributed by atoms with E-state index in [9.17, 15) is 4.79 Å². The average molecular weight is 275 g/mol. The highest BCUT2D eigenvalue weighted by Gasteiger charge is 2.16. The molecule has 0 bridgehead atoms. The van der Waals surface area contributed by atoms with Gasteiger partial charge in [-0.25, -0.2) is 9.97 Å². The van der Waals surface area contributed by atoms with Crippen LogP contribution in [0.2, 0.25) is 0 Å². The molecule has 6 heteroatoms. The summed E-state index contributed by atoms with van der Waals surface area (Å²) in [5.74, 6) is 0.410. The molecule has 2 heterocycles. The summed E-state index contributed by atoms with van der Waals surface area (Å²) in [6.07, 6.45) is 9.75. The molecule has 0 aliphatic rings.